The average molecular weight is 290 g/mol. The van der Waals surface area contributed by atoms with Crippen LogP contribution in [0.3, 0.4) is 0 Å². The number of nitrogens with one attached hydrogen (secondary N) is 1. The van der Waals surface area contributed by atoms with Gasteiger partial charge < -0.3 is 10.2 Å². The highest BCUT2D eigenvalue weighted by Crippen LogP contribution is 2.32. The van der Waals surface area contributed by atoms with E-state index in [-0.39, 0.29) is 11.8 Å². The van der Waals surface area contributed by atoms with E-state index in [1.165, 1.54) is 12.0 Å². The summed E-state index contributed by atoms with van der Waals surface area (Å²) in [6.45, 7) is 7.01. The third-order valence-corrected chi connectivity index (χ3v) is 5.09. The Balaban J connectivity index is 1.76. The Kier molecular flexibility index (Phi) is 4.02. The molecule has 3 heterocycles. The maximum atomic E-state index is 13.0. The number of hydrogen-bond donors (Lipinski definition) is 1. The van der Waals surface area contributed by atoms with Gasteiger partial charge in [-0.15, -0.1) is 0 Å². The lowest BCUT2D eigenvalue weighted by molar-refractivity contribution is -0.139. The summed E-state index contributed by atoms with van der Waals surface area (Å²) in [4.78, 5) is 15.1. The van der Waals surface area contributed by atoms with Gasteiger partial charge in [0.05, 0.1) is 12.1 Å². The van der Waals surface area contributed by atoms with Crippen molar-refractivity contribution in [1.82, 2.24) is 20.0 Å². The molecule has 2 aliphatic rings. The number of hydrogen-bond acceptors (Lipinski definition) is 3. The predicted octanol–water partition coefficient (Wildman–Crippen LogP) is 1.37. The van der Waals surface area contributed by atoms with Crippen LogP contribution in [-0.2, 0) is 11.8 Å². The lowest BCUT2D eigenvalue weighted by Gasteiger charge is -2.39. The van der Waals surface area contributed by atoms with Crippen molar-refractivity contribution in [3.63, 3.8) is 0 Å². The van der Waals surface area contributed by atoms with E-state index in [1.807, 2.05) is 24.1 Å². The maximum Gasteiger partial charge on any atom is 0.227 e. The van der Waals surface area contributed by atoms with Crippen LogP contribution in [0, 0.1) is 11.8 Å². The van der Waals surface area contributed by atoms with Crippen molar-refractivity contribution in [2.45, 2.75) is 38.6 Å². The molecule has 2 fully saturated rings. The van der Waals surface area contributed by atoms with Gasteiger partial charge >= 0.3 is 0 Å². The van der Waals surface area contributed by atoms with Gasteiger partial charge in [0.15, 0.2) is 0 Å². The molecule has 2 unspecified atom stereocenters. The van der Waals surface area contributed by atoms with Crippen molar-refractivity contribution in [1.29, 1.82) is 0 Å². The fourth-order valence-electron chi connectivity index (χ4n) is 3.73. The van der Waals surface area contributed by atoms with Crippen LogP contribution in [0.25, 0.3) is 0 Å². The summed E-state index contributed by atoms with van der Waals surface area (Å²) in [5, 5.41) is 7.65. The lowest BCUT2D eigenvalue weighted by atomic mass is 9.87. The number of piperidine rings is 1. The summed E-state index contributed by atoms with van der Waals surface area (Å²) < 4.78 is 1.82. The van der Waals surface area contributed by atoms with E-state index in [2.05, 4.69) is 29.2 Å². The smallest absolute Gasteiger partial charge is 0.227 e. The Morgan fingerprint density at radius 3 is 2.86 bits per heavy atom. The summed E-state index contributed by atoms with van der Waals surface area (Å²) in [6, 6.07) is 0.379. The molecule has 1 N–H and O–H groups in total. The molecule has 0 saturated carbocycles. The molecular weight excluding hydrogens is 264 g/mol. The van der Waals surface area contributed by atoms with Crippen molar-refractivity contribution in [3.05, 3.63) is 18.0 Å². The summed E-state index contributed by atoms with van der Waals surface area (Å²) >= 11 is 0. The number of aryl methyl sites for hydroxylation is 1. The highest BCUT2D eigenvalue weighted by Gasteiger charge is 2.39. The largest absolute Gasteiger partial charge is 0.339 e. The average Bonchev–Trinajstić information content (AvgIpc) is 3.09. The van der Waals surface area contributed by atoms with E-state index in [0.29, 0.717) is 17.9 Å². The van der Waals surface area contributed by atoms with E-state index in [9.17, 15) is 4.79 Å². The van der Waals surface area contributed by atoms with Gasteiger partial charge in [0, 0.05) is 44.8 Å². The normalized spacial score (nSPS) is 33.4. The zero-order chi connectivity index (χ0) is 15.0. The highest BCUT2D eigenvalue weighted by atomic mass is 16.2. The number of aromatic nitrogens is 2. The van der Waals surface area contributed by atoms with Crippen molar-refractivity contribution in [2.24, 2.45) is 18.9 Å². The van der Waals surface area contributed by atoms with Crippen LogP contribution < -0.4 is 5.32 Å². The zero-order valence-corrected chi connectivity index (χ0v) is 13.2. The third kappa shape index (κ3) is 2.84. The summed E-state index contributed by atoms with van der Waals surface area (Å²) in [5.41, 5.74) is 1.18. The van der Waals surface area contributed by atoms with Crippen LogP contribution in [0.4, 0.5) is 0 Å². The van der Waals surface area contributed by atoms with Crippen LogP contribution in [0.2, 0.25) is 0 Å². The molecule has 2 aliphatic heterocycles. The number of carbonyl (C=O) groups is 1. The Bertz CT molecular complexity index is 512. The van der Waals surface area contributed by atoms with Gasteiger partial charge in [-0.1, -0.05) is 6.92 Å². The first kappa shape index (κ1) is 14.6. The first-order valence-corrected chi connectivity index (χ1v) is 8.06. The number of likely N-dealkylation sites (tertiary alicyclic amines) is 1. The second-order valence-corrected chi connectivity index (χ2v) is 6.84. The standard InChI is InChI=1S/C16H26N4O/c1-11-4-5-12(2)20(9-11)16(21)15-8-17-7-14(15)13-6-18-19(3)10-13/h6,10-12,14-15,17H,4-5,7-9H2,1-3H3/t11?,12?,14-,15+/m1/s1. The highest BCUT2D eigenvalue weighted by molar-refractivity contribution is 5.81. The minimum Gasteiger partial charge on any atom is -0.339 e. The first-order valence-electron chi connectivity index (χ1n) is 8.06. The molecule has 0 aromatic carbocycles. The van der Waals surface area contributed by atoms with Crippen LogP contribution in [0.5, 0.6) is 0 Å². The molecule has 5 nitrogen and oxygen atoms in total. The van der Waals surface area contributed by atoms with Gasteiger partial charge in [-0.25, -0.2) is 0 Å². The quantitative estimate of drug-likeness (QED) is 0.895. The van der Waals surface area contributed by atoms with E-state index in [0.717, 1.165) is 26.1 Å². The topological polar surface area (TPSA) is 50.2 Å². The van der Waals surface area contributed by atoms with Crippen LogP contribution in [0.15, 0.2) is 12.4 Å². The van der Waals surface area contributed by atoms with E-state index < -0.39 is 0 Å². The van der Waals surface area contributed by atoms with Gasteiger partial charge in [-0.2, -0.15) is 5.10 Å². The molecule has 3 rings (SSSR count). The van der Waals surface area contributed by atoms with Gasteiger partial charge in [0.2, 0.25) is 5.91 Å². The van der Waals surface area contributed by atoms with Crippen molar-refractivity contribution in [2.75, 3.05) is 19.6 Å². The fourth-order valence-corrected chi connectivity index (χ4v) is 3.73. The molecule has 0 aliphatic carbocycles. The number of amides is 1. The Morgan fingerprint density at radius 1 is 1.33 bits per heavy atom. The molecule has 4 atom stereocenters. The fraction of sp³-hybridized carbons (Fsp3) is 0.750. The number of rotatable bonds is 2. The molecule has 5 heteroatoms. The minimum absolute atomic E-state index is 0.0574. The Hall–Kier alpha value is -1.36. The number of nitrogens with zero attached hydrogens (tertiary/aromatic N) is 3. The van der Waals surface area contributed by atoms with Crippen molar-refractivity contribution < 1.29 is 4.79 Å². The monoisotopic (exact) mass is 290 g/mol. The number of carbonyl (C=O) groups excluding carboxylic acids is 1. The van der Waals surface area contributed by atoms with Crippen molar-refractivity contribution in [3.8, 4) is 0 Å². The van der Waals surface area contributed by atoms with E-state index in [1.54, 1.807) is 0 Å². The molecule has 116 valence electrons. The SMILES string of the molecule is CC1CCC(C)N(C(=O)[C@H]2CNC[C@@H]2c2cnn(C)c2)C1. The van der Waals surface area contributed by atoms with Gasteiger partial charge in [-0.05, 0) is 31.2 Å². The predicted molar refractivity (Wildman–Crippen MR) is 81.9 cm³/mol. The summed E-state index contributed by atoms with van der Waals surface area (Å²) in [7, 11) is 1.93. The molecule has 1 aromatic rings. The molecule has 1 aromatic heterocycles. The van der Waals surface area contributed by atoms with Gasteiger partial charge in [0.25, 0.3) is 0 Å². The minimum atomic E-state index is 0.0574. The van der Waals surface area contributed by atoms with E-state index in [4.69, 9.17) is 0 Å². The van der Waals surface area contributed by atoms with Gasteiger partial charge in [-0.3, -0.25) is 9.48 Å². The third-order valence-electron chi connectivity index (χ3n) is 5.09. The first-order chi connectivity index (χ1) is 10.1. The van der Waals surface area contributed by atoms with E-state index >= 15 is 0 Å². The second-order valence-electron chi connectivity index (χ2n) is 6.84. The van der Waals surface area contributed by atoms with Crippen LogP contribution >= 0.6 is 0 Å². The molecular formula is C16H26N4O. The summed E-state index contributed by atoms with van der Waals surface area (Å²) in [5.74, 6) is 1.27. The van der Waals surface area contributed by atoms with Crippen molar-refractivity contribution >= 4 is 5.91 Å². The molecule has 2 saturated heterocycles. The van der Waals surface area contributed by atoms with Gasteiger partial charge in [0.1, 0.15) is 0 Å². The van der Waals surface area contributed by atoms with Crippen LogP contribution in [-0.4, -0.2) is 46.3 Å². The lowest BCUT2D eigenvalue weighted by Crippen LogP contribution is -2.48. The molecule has 0 bridgehead atoms. The maximum absolute atomic E-state index is 13.0. The summed E-state index contributed by atoms with van der Waals surface area (Å²) in [6.07, 6.45) is 6.31. The molecule has 21 heavy (non-hydrogen) atoms. The molecule has 0 spiro atoms. The van der Waals surface area contributed by atoms with Crippen LogP contribution in [0.1, 0.15) is 38.2 Å². The second kappa shape index (κ2) is 5.79. The molecule has 0 radical (unpaired) electrons. The molecule has 1 amide bonds. The zero-order valence-electron chi connectivity index (χ0n) is 13.2. The Morgan fingerprint density at radius 2 is 2.14 bits per heavy atom. The Labute approximate surface area is 126 Å².